The van der Waals surface area contributed by atoms with Gasteiger partial charge in [-0.2, -0.15) is 0 Å². The van der Waals surface area contributed by atoms with Crippen LogP contribution in [0.5, 0.6) is 0 Å². The number of hydrogen-bond acceptors (Lipinski definition) is 3. The number of halogens is 3. The molecule has 4 rings (SSSR count). The molecule has 1 N–H and O–H groups in total. The van der Waals surface area contributed by atoms with Crippen molar-refractivity contribution < 1.29 is 4.39 Å². The van der Waals surface area contributed by atoms with Crippen LogP contribution in [0.25, 0.3) is 22.3 Å². The van der Waals surface area contributed by atoms with Gasteiger partial charge in [-0.3, -0.25) is 0 Å². The van der Waals surface area contributed by atoms with Crippen molar-refractivity contribution in [1.29, 1.82) is 0 Å². The number of hydrogen-bond donors (Lipinski definition) is 1. The number of nitrogens with one attached hydrogen (secondary N) is 1. The molecule has 0 bridgehead atoms. The second-order valence-electron chi connectivity index (χ2n) is 5.65. The van der Waals surface area contributed by atoms with Gasteiger partial charge in [0.15, 0.2) is 5.82 Å². The number of anilines is 2. The Kier molecular flexibility index (Phi) is 4.45. The molecule has 0 amide bonds. The summed E-state index contributed by atoms with van der Waals surface area (Å²) in [6.07, 6.45) is 0. The molecule has 1 aromatic heterocycles. The van der Waals surface area contributed by atoms with E-state index in [-0.39, 0.29) is 5.02 Å². The molecule has 3 nitrogen and oxygen atoms in total. The molecule has 128 valence electrons. The smallest absolute Gasteiger partial charge is 0.163 e. The van der Waals surface area contributed by atoms with Crippen LogP contribution < -0.4 is 5.32 Å². The van der Waals surface area contributed by atoms with Crippen LogP contribution in [0.2, 0.25) is 10.0 Å². The van der Waals surface area contributed by atoms with Gasteiger partial charge in [0.2, 0.25) is 0 Å². The third-order valence-electron chi connectivity index (χ3n) is 3.90. The van der Waals surface area contributed by atoms with Crippen LogP contribution in [-0.2, 0) is 0 Å². The highest BCUT2D eigenvalue weighted by atomic mass is 35.5. The van der Waals surface area contributed by atoms with Gasteiger partial charge in [0.05, 0.1) is 15.6 Å². The van der Waals surface area contributed by atoms with E-state index in [0.717, 1.165) is 16.5 Å². The Labute approximate surface area is 159 Å². The first kappa shape index (κ1) is 16.8. The molecule has 0 saturated carbocycles. The maximum Gasteiger partial charge on any atom is 0.163 e. The fourth-order valence-corrected chi connectivity index (χ4v) is 3.05. The number of benzene rings is 3. The average Bonchev–Trinajstić information content (AvgIpc) is 2.65. The summed E-state index contributed by atoms with van der Waals surface area (Å²) in [7, 11) is 0. The molecule has 4 aromatic rings. The largest absolute Gasteiger partial charge is 0.340 e. The summed E-state index contributed by atoms with van der Waals surface area (Å²) in [4.78, 5) is 9.25. The third-order valence-corrected chi connectivity index (χ3v) is 4.52. The van der Waals surface area contributed by atoms with Crippen molar-refractivity contribution in [2.24, 2.45) is 0 Å². The zero-order chi connectivity index (χ0) is 18.1. The van der Waals surface area contributed by atoms with E-state index in [1.165, 1.54) is 12.1 Å². The fraction of sp³-hybridized carbons (Fsp3) is 0. The van der Waals surface area contributed by atoms with Crippen LogP contribution in [0, 0.1) is 5.82 Å². The van der Waals surface area contributed by atoms with E-state index in [9.17, 15) is 4.39 Å². The summed E-state index contributed by atoms with van der Waals surface area (Å²) >= 11 is 12.2. The van der Waals surface area contributed by atoms with Crippen LogP contribution >= 0.6 is 23.2 Å². The molecule has 0 unspecified atom stereocenters. The molecule has 0 saturated heterocycles. The Morgan fingerprint density at radius 3 is 2.38 bits per heavy atom. The number of aromatic nitrogens is 2. The zero-order valence-electron chi connectivity index (χ0n) is 13.4. The Morgan fingerprint density at radius 2 is 1.58 bits per heavy atom. The van der Waals surface area contributed by atoms with E-state index in [0.29, 0.717) is 22.4 Å². The van der Waals surface area contributed by atoms with Crippen LogP contribution in [-0.4, -0.2) is 9.97 Å². The van der Waals surface area contributed by atoms with Gasteiger partial charge in [-0.05, 0) is 42.5 Å². The van der Waals surface area contributed by atoms with E-state index in [4.69, 9.17) is 23.2 Å². The van der Waals surface area contributed by atoms with E-state index in [2.05, 4.69) is 15.3 Å². The molecular formula is C20H12Cl2FN3. The molecule has 0 aliphatic rings. The number of nitrogens with zero attached hydrogens (tertiary/aromatic N) is 2. The van der Waals surface area contributed by atoms with Crippen LogP contribution in [0.4, 0.5) is 15.9 Å². The molecule has 0 atom stereocenters. The highest BCUT2D eigenvalue weighted by Crippen LogP contribution is 2.31. The lowest BCUT2D eigenvalue weighted by atomic mass is 10.1. The number of fused-ring (bicyclic) bond motifs is 1. The van der Waals surface area contributed by atoms with Crippen LogP contribution in [0.1, 0.15) is 0 Å². The van der Waals surface area contributed by atoms with Crippen molar-refractivity contribution in [3.05, 3.63) is 82.6 Å². The summed E-state index contributed by atoms with van der Waals surface area (Å²) < 4.78 is 13.4. The second kappa shape index (κ2) is 6.90. The van der Waals surface area contributed by atoms with Gasteiger partial charge >= 0.3 is 0 Å². The lowest BCUT2D eigenvalue weighted by Gasteiger charge is -2.12. The summed E-state index contributed by atoms with van der Waals surface area (Å²) in [6, 6.07) is 19.5. The minimum atomic E-state index is -0.471. The van der Waals surface area contributed by atoms with Gasteiger partial charge in [-0.25, -0.2) is 14.4 Å². The van der Waals surface area contributed by atoms with Gasteiger partial charge in [-0.15, -0.1) is 0 Å². The minimum Gasteiger partial charge on any atom is -0.340 e. The quantitative estimate of drug-likeness (QED) is 0.439. The molecule has 26 heavy (non-hydrogen) atoms. The van der Waals surface area contributed by atoms with Crippen LogP contribution in [0.15, 0.2) is 66.7 Å². The van der Waals surface area contributed by atoms with Crippen molar-refractivity contribution in [2.75, 3.05) is 5.32 Å². The highest BCUT2D eigenvalue weighted by molar-refractivity contribution is 6.33. The van der Waals surface area contributed by atoms with E-state index in [1.807, 2.05) is 42.5 Å². The lowest BCUT2D eigenvalue weighted by molar-refractivity contribution is 0.628. The summed E-state index contributed by atoms with van der Waals surface area (Å²) in [5.74, 6) is 0.625. The van der Waals surface area contributed by atoms with Crippen molar-refractivity contribution in [3.63, 3.8) is 0 Å². The maximum atomic E-state index is 13.4. The molecule has 0 aliphatic heterocycles. The molecule has 0 radical (unpaired) electrons. The molecule has 1 heterocycles. The van der Waals surface area contributed by atoms with E-state index < -0.39 is 5.82 Å². The average molecular weight is 384 g/mol. The summed E-state index contributed by atoms with van der Waals surface area (Å²) in [5, 5.41) is 4.65. The summed E-state index contributed by atoms with van der Waals surface area (Å²) in [6.45, 7) is 0. The molecule has 0 aliphatic carbocycles. The fourth-order valence-electron chi connectivity index (χ4n) is 2.65. The number of rotatable bonds is 3. The minimum absolute atomic E-state index is 0.0414. The Hall–Kier alpha value is -2.69. The normalized spacial score (nSPS) is 10.9. The first-order chi connectivity index (χ1) is 12.6. The van der Waals surface area contributed by atoms with Gasteiger partial charge in [-0.1, -0.05) is 47.5 Å². The van der Waals surface area contributed by atoms with Gasteiger partial charge in [0.25, 0.3) is 0 Å². The monoisotopic (exact) mass is 383 g/mol. The topological polar surface area (TPSA) is 37.8 Å². The Bertz CT molecular complexity index is 1120. The van der Waals surface area contributed by atoms with Crippen molar-refractivity contribution in [2.45, 2.75) is 0 Å². The molecule has 0 fully saturated rings. The summed E-state index contributed by atoms with van der Waals surface area (Å²) in [5.41, 5.74) is 2.14. The van der Waals surface area contributed by atoms with Crippen molar-refractivity contribution in [1.82, 2.24) is 9.97 Å². The highest BCUT2D eigenvalue weighted by Gasteiger charge is 2.12. The number of para-hydroxylation sites is 1. The zero-order valence-corrected chi connectivity index (χ0v) is 14.9. The predicted octanol–water partition coefficient (Wildman–Crippen LogP) is 6.49. The van der Waals surface area contributed by atoms with Crippen molar-refractivity contribution in [3.8, 4) is 11.4 Å². The first-order valence-electron chi connectivity index (χ1n) is 7.85. The second-order valence-corrected chi connectivity index (χ2v) is 6.46. The van der Waals surface area contributed by atoms with Crippen LogP contribution in [0.3, 0.4) is 0 Å². The SMILES string of the molecule is Fc1ccc(Nc2nc(-c3ccccc3Cl)nc3ccccc23)cc1Cl. The van der Waals surface area contributed by atoms with E-state index in [1.54, 1.807) is 12.1 Å². The van der Waals surface area contributed by atoms with Gasteiger partial charge < -0.3 is 5.32 Å². The van der Waals surface area contributed by atoms with E-state index >= 15 is 0 Å². The molecular weight excluding hydrogens is 372 g/mol. The van der Waals surface area contributed by atoms with Gasteiger partial charge in [0.1, 0.15) is 11.6 Å². The molecule has 0 spiro atoms. The maximum absolute atomic E-state index is 13.4. The molecule has 6 heteroatoms. The predicted molar refractivity (Wildman–Crippen MR) is 105 cm³/mol. The Balaban J connectivity index is 1.87. The standard InChI is InChI=1S/C20H12Cl2FN3/c21-15-7-3-1-5-13(15)19-25-18-8-4-2-6-14(18)20(26-19)24-12-9-10-17(23)16(22)11-12/h1-11H,(H,24,25,26). The van der Waals surface area contributed by atoms with Gasteiger partial charge in [0, 0.05) is 16.6 Å². The third kappa shape index (κ3) is 3.21. The first-order valence-corrected chi connectivity index (χ1v) is 8.61. The van der Waals surface area contributed by atoms with Crippen molar-refractivity contribution >= 4 is 45.6 Å². The Morgan fingerprint density at radius 1 is 0.808 bits per heavy atom. The molecule has 3 aromatic carbocycles. The lowest BCUT2D eigenvalue weighted by Crippen LogP contribution is -2.00.